The predicted octanol–water partition coefficient (Wildman–Crippen LogP) is 4.25. The molecule has 0 unspecified atom stereocenters. The summed E-state index contributed by atoms with van der Waals surface area (Å²) < 4.78 is 16.1. The Labute approximate surface area is 152 Å². The van der Waals surface area contributed by atoms with Gasteiger partial charge in [-0.25, -0.2) is 4.79 Å². The molecule has 8 heteroatoms. The number of hydrogen-bond donors (Lipinski definition) is 0. The lowest BCUT2D eigenvalue weighted by Crippen LogP contribution is -2.02. The number of hydrogen-bond acceptors (Lipinski definition) is 6. The zero-order valence-corrected chi connectivity index (χ0v) is 14.7. The molecule has 0 fully saturated rings. The molecule has 0 aliphatic carbocycles. The summed E-state index contributed by atoms with van der Waals surface area (Å²) in [4.78, 5) is 22.0. The Balaban J connectivity index is 1.95. The average Bonchev–Trinajstić information content (AvgIpc) is 2.60. The van der Waals surface area contributed by atoms with Gasteiger partial charge in [0.25, 0.3) is 5.69 Å². The van der Waals surface area contributed by atoms with Gasteiger partial charge in [0.15, 0.2) is 0 Å². The van der Waals surface area contributed by atoms with Gasteiger partial charge in [0, 0.05) is 35.2 Å². The summed E-state index contributed by atoms with van der Waals surface area (Å²) in [6, 6.07) is 8.78. The first-order chi connectivity index (χ1) is 12.4. The molecule has 3 rings (SSSR count). The molecule has 7 nitrogen and oxygen atoms in total. The monoisotopic (exact) mass is 375 g/mol. The standard InChI is InChI=1S/C18H14ClNO6/c1-10-5-18(21)26-16-8-17(14(19)7-13(10)16)25-9-11-6-12(20(22)23)3-4-15(11)24-2/h3-8H,9H2,1-2H3. The molecule has 0 bridgehead atoms. The van der Waals surface area contributed by atoms with Crippen molar-refractivity contribution in [1.82, 2.24) is 0 Å². The number of nitro benzene ring substituents is 1. The molecule has 2 aromatic carbocycles. The van der Waals surface area contributed by atoms with Gasteiger partial charge in [0.1, 0.15) is 23.7 Å². The van der Waals surface area contributed by atoms with Crippen LogP contribution in [0.25, 0.3) is 11.0 Å². The van der Waals surface area contributed by atoms with E-state index < -0.39 is 10.5 Å². The maximum absolute atomic E-state index is 11.5. The summed E-state index contributed by atoms with van der Waals surface area (Å²) >= 11 is 6.25. The van der Waals surface area contributed by atoms with E-state index in [1.807, 2.05) is 0 Å². The second-order valence-corrected chi connectivity index (χ2v) is 5.98. The lowest BCUT2D eigenvalue weighted by Gasteiger charge is -2.12. The lowest BCUT2D eigenvalue weighted by molar-refractivity contribution is -0.385. The third kappa shape index (κ3) is 3.48. The van der Waals surface area contributed by atoms with Crippen molar-refractivity contribution in [2.24, 2.45) is 0 Å². The van der Waals surface area contributed by atoms with Gasteiger partial charge in [-0.05, 0) is 24.6 Å². The van der Waals surface area contributed by atoms with Gasteiger partial charge in [-0.15, -0.1) is 0 Å². The number of nitro groups is 1. The number of methoxy groups -OCH3 is 1. The van der Waals surface area contributed by atoms with E-state index in [1.165, 1.54) is 37.4 Å². The fraction of sp³-hybridized carbons (Fsp3) is 0.167. The summed E-state index contributed by atoms with van der Waals surface area (Å²) in [5.41, 5.74) is 1.04. The predicted molar refractivity (Wildman–Crippen MR) is 96.2 cm³/mol. The molecule has 0 spiro atoms. The smallest absolute Gasteiger partial charge is 0.336 e. The van der Waals surface area contributed by atoms with Crippen molar-refractivity contribution in [2.45, 2.75) is 13.5 Å². The number of non-ortho nitro benzene ring substituents is 1. The topological polar surface area (TPSA) is 91.8 Å². The van der Waals surface area contributed by atoms with Gasteiger partial charge >= 0.3 is 5.63 Å². The summed E-state index contributed by atoms with van der Waals surface area (Å²) in [5, 5.41) is 12.0. The molecule has 0 amide bonds. The van der Waals surface area contributed by atoms with E-state index in [2.05, 4.69) is 0 Å². The fourth-order valence-electron chi connectivity index (χ4n) is 2.58. The van der Waals surface area contributed by atoms with Crippen LogP contribution < -0.4 is 15.1 Å². The first kappa shape index (κ1) is 17.8. The van der Waals surface area contributed by atoms with E-state index in [1.54, 1.807) is 13.0 Å². The van der Waals surface area contributed by atoms with E-state index in [0.29, 0.717) is 33.1 Å². The SMILES string of the molecule is COc1ccc([N+](=O)[O-])cc1COc1cc2oc(=O)cc(C)c2cc1Cl. The highest BCUT2D eigenvalue weighted by atomic mass is 35.5. The summed E-state index contributed by atoms with van der Waals surface area (Å²) in [6.45, 7) is 1.77. The van der Waals surface area contributed by atoms with Crippen LogP contribution in [0.1, 0.15) is 11.1 Å². The van der Waals surface area contributed by atoms with Crippen molar-refractivity contribution in [3.8, 4) is 11.5 Å². The number of halogens is 1. The van der Waals surface area contributed by atoms with Crippen molar-refractivity contribution in [1.29, 1.82) is 0 Å². The number of benzene rings is 2. The van der Waals surface area contributed by atoms with Crippen LogP contribution in [0.5, 0.6) is 11.5 Å². The van der Waals surface area contributed by atoms with E-state index in [9.17, 15) is 14.9 Å². The molecule has 3 aromatic rings. The van der Waals surface area contributed by atoms with Crippen LogP contribution >= 0.6 is 11.6 Å². The zero-order chi connectivity index (χ0) is 18.8. The van der Waals surface area contributed by atoms with E-state index in [0.717, 1.165) is 5.56 Å². The molecule has 1 aromatic heterocycles. The van der Waals surface area contributed by atoms with Gasteiger partial charge < -0.3 is 13.9 Å². The highest BCUT2D eigenvalue weighted by molar-refractivity contribution is 6.32. The highest BCUT2D eigenvalue weighted by Gasteiger charge is 2.14. The molecule has 26 heavy (non-hydrogen) atoms. The summed E-state index contributed by atoms with van der Waals surface area (Å²) in [6.07, 6.45) is 0. The maximum atomic E-state index is 11.5. The van der Waals surface area contributed by atoms with Gasteiger partial charge in [-0.1, -0.05) is 11.6 Å². The molecule has 0 saturated carbocycles. The lowest BCUT2D eigenvalue weighted by atomic mass is 10.1. The Morgan fingerprint density at radius 2 is 1.96 bits per heavy atom. The maximum Gasteiger partial charge on any atom is 0.336 e. The Kier molecular flexibility index (Phi) is 4.81. The molecule has 134 valence electrons. The minimum Gasteiger partial charge on any atom is -0.496 e. The minimum atomic E-state index is -0.497. The van der Waals surface area contributed by atoms with Crippen molar-refractivity contribution >= 4 is 28.3 Å². The number of nitrogens with zero attached hydrogens (tertiary/aromatic N) is 1. The number of rotatable bonds is 5. The Hall–Kier alpha value is -3.06. The quantitative estimate of drug-likeness (QED) is 0.376. The van der Waals surface area contributed by atoms with E-state index >= 15 is 0 Å². The number of fused-ring (bicyclic) bond motifs is 1. The number of ether oxygens (including phenoxy) is 2. The third-order valence-electron chi connectivity index (χ3n) is 3.86. The van der Waals surface area contributed by atoms with E-state index in [4.69, 9.17) is 25.5 Å². The van der Waals surface area contributed by atoms with Gasteiger partial charge in [0.2, 0.25) is 0 Å². The largest absolute Gasteiger partial charge is 0.496 e. The van der Waals surface area contributed by atoms with Crippen molar-refractivity contribution in [2.75, 3.05) is 7.11 Å². The zero-order valence-electron chi connectivity index (χ0n) is 13.9. The summed E-state index contributed by atoms with van der Waals surface area (Å²) in [7, 11) is 1.46. The Bertz CT molecular complexity index is 1060. The van der Waals surface area contributed by atoms with Crippen molar-refractivity contribution in [3.63, 3.8) is 0 Å². The average molecular weight is 376 g/mol. The second kappa shape index (κ2) is 7.05. The van der Waals surface area contributed by atoms with Crippen LogP contribution in [0.15, 0.2) is 45.6 Å². The Morgan fingerprint density at radius 3 is 2.65 bits per heavy atom. The van der Waals surface area contributed by atoms with Crippen LogP contribution in [-0.2, 0) is 6.61 Å². The molecule has 0 aliphatic rings. The number of aryl methyl sites for hydroxylation is 1. The van der Waals surface area contributed by atoms with Crippen molar-refractivity contribution in [3.05, 3.63) is 73.1 Å². The molecule has 0 saturated heterocycles. The van der Waals surface area contributed by atoms with Gasteiger partial charge in [-0.3, -0.25) is 10.1 Å². The van der Waals surface area contributed by atoms with Gasteiger partial charge in [0.05, 0.1) is 17.1 Å². The molecule has 1 heterocycles. The molecule has 0 N–H and O–H groups in total. The van der Waals surface area contributed by atoms with Crippen LogP contribution in [0.4, 0.5) is 5.69 Å². The molecular formula is C18H14ClNO6. The normalized spacial score (nSPS) is 10.7. The summed E-state index contributed by atoms with van der Waals surface area (Å²) in [5.74, 6) is 0.747. The minimum absolute atomic E-state index is 0.00781. The molecule has 0 aliphatic heterocycles. The first-order valence-corrected chi connectivity index (χ1v) is 7.95. The molecule has 0 radical (unpaired) electrons. The van der Waals surface area contributed by atoms with Crippen LogP contribution in [0.3, 0.4) is 0 Å². The van der Waals surface area contributed by atoms with E-state index in [-0.39, 0.29) is 12.3 Å². The second-order valence-electron chi connectivity index (χ2n) is 5.57. The Morgan fingerprint density at radius 1 is 1.19 bits per heavy atom. The fourth-order valence-corrected chi connectivity index (χ4v) is 2.80. The van der Waals surface area contributed by atoms with Gasteiger partial charge in [-0.2, -0.15) is 0 Å². The highest BCUT2D eigenvalue weighted by Crippen LogP contribution is 2.32. The van der Waals surface area contributed by atoms with Crippen LogP contribution in [0, 0.1) is 17.0 Å². The molecule has 0 atom stereocenters. The van der Waals surface area contributed by atoms with Crippen LogP contribution in [0.2, 0.25) is 5.02 Å². The third-order valence-corrected chi connectivity index (χ3v) is 4.16. The van der Waals surface area contributed by atoms with Crippen LogP contribution in [-0.4, -0.2) is 12.0 Å². The van der Waals surface area contributed by atoms with Crippen molar-refractivity contribution < 1.29 is 18.8 Å². The molecular weight excluding hydrogens is 362 g/mol. The first-order valence-electron chi connectivity index (χ1n) is 7.57.